The van der Waals surface area contributed by atoms with Gasteiger partial charge in [-0.1, -0.05) is 30.3 Å². The van der Waals surface area contributed by atoms with Crippen LogP contribution in [0.25, 0.3) is 11.4 Å². The highest BCUT2D eigenvalue weighted by atomic mass is 32.2. The minimum atomic E-state index is 0.460. The molecule has 0 amide bonds. The molecule has 0 atom stereocenters. The van der Waals surface area contributed by atoms with Crippen LogP contribution >= 0.6 is 23.5 Å². The van der Waals surface area contributed by atoms with Gasteiger partial charge in [0.15, 0.2) is 17.3 Å². The van der Waals surface area contributed by atoms with Crippen molar-refractivity contribution in [2.24, 2.45) is 0 Å². The molecular formula is C27H26N6O2S2. The van der Waals surface area contributed by atoms with Crippen LogP contribution in [0.2, 0.25) is 0 Å². The Hall–Kier alpha value is -3.44. The van der Waals surface area contributed by atoms with Crippen LogP contribution < -0.4 is 14.4 Å². The van der Waals surface area contributed by atoms with Crippen molar-refractivity contribution in [3.8, 4) is 35.0 Å². The quantitative estimate of drug-likeness (QED) is 0.325. The van der Waals surface area contributed by atoms with E-state index < -0.39 is 0 Å². The molecular weight excluding hydrogens is 504 g/mol. The van der Waals surface area contributed by atoms with Crippen LogP contribution in [0.3, 0.4) is 0 Å². The summed E-state index contributed by atoms with van der Waals surface area (Å²) in [7, 11) is 0. The summed E-state index contributed by atoms with van der Waals surface area (Å²) in [6.07, 6.45) is 1.94. The largest absolute Gasteiger partial charge is 0.485 e. The van der Waals surface area contributed by atoms with E-state index in [4.69, 9.17) is 14.5 Å². The molecule has 2 aliphatic heterocycles. The summed E-state index contributed by atoms with van der Waals surface area (Å²) in [6, 6.07) is 18.2. The summed E-state index contributed by atoms with van der Waals surface area (Å²) in [5.74, 6) is 2.72. The van der Waals surface area contributed by atoms with Gasteiger partial charge in [0, 0.05) is 44.0 Å². The monoisotopic (exact) mass is 530 g/mol. The first-order valence-electron chi connectivity index (χ1n) is 12.1. The molecule has 8 nitrogen and oxygen atoms in total. The second-order valence-electron chi connectivity index (χ2n) is 8.49. The normalized spacial score (nSPS) is 15.2. The summed E-state index contributed by atoms with van der Waals surface area (Å²) in [5.41, 5.74) is 2.99. The van der Waals surface area contributed by atoms with Gasteiger partial charge in [-0.05, 0) is 18.4 Å². The molecule has 0 bridgehead atoms. The number of rotatable bonds is 7. The lowest BCUT2D eigenvalue weighted by Gasteiger charge is -2.37. The summed E-state index contributed by atoms with van der Waals surface area (Å²) in [4.78, 5) is 14.1. The van der Waals surface area contributed by atoms with Crippen molar-refractivity contribution in [1.82, 2.24) is 14.9 Å². The molecule has 0 aliphatic carbocycles. The van der Waals surface area contributed by atoms with E-state index in [-0.39, 0.29) is 0 Å². The first kappa shape index (κ1) is 25.2. The number of hydrogen-bond acceptors (Lipinski definition) is 10. The van der Waals surface area contributed by atoms with Gasteiger partial charge in [-0.3, -0.25) is 4.90 Å². The van der Waals surface area contributed by atoms with Gasteiger partial charge in [-0.15, -0.1) is 23.5 Å². The van der Waals surface area contributed by atoms with Crippen molar-refractivity contribution in [2.75, 3.05) is 62.8 Å². The van der Waals surface area contributed by atoms with E-state index in [9.17, 15) is 10.5 Å². The second kappa shape index (κ2) is 11.7. The molecule has 37 heavy (non-hydrogen) atoms. The number of nitrogens with zero attached hydrogens (tertiary/aromatic N) is 6. The third-order valence-corrected chi connectivity index (χ3v) is 7.96. The number of benzene rings is 2. The number of ether oxygens (including phenoxy) is 2. The molecule has 3 aromatic rings. The van der Waals surface area contributed by atoms with Crippen molar-refractivity contribution < 1.29 is 9.47 Å². The molecule has 0 spiro atoms. The fraction of sp³-hybridized carbons (Fsp3) is 0.333. The van der Waals surface area contributed by atoms with Crippen LogP contribution in [0.15, 0.2) is 52.5 Å². The minimum absolute atomic E-state index is 0.460. The average molecular weight is 531 g/mol. The van der Waals surface area contributed by atoms with Crippen LogP contribution in [-0.2, 0) is 0 Å². The number of nitriles is 2. The molecule has 188 valence electrons. The maximum atomic E-state index is 9.78. The molecule has 0 unspecified atom stereocenters. The standard InChI is InChI=1S/C27H26N6O2S2/c1-36-26-21(18-29)27(31-25(30-26)19-5-3-2-4-6-19)37-16-13-32-9-11-33(12-10-32)22-8-7-20(17-28)23-24(22)35-15-14-34-23/h2-8H,9-16H2,1H3. The molecule has 0 saturated carbocycles. The fourth-order valence-corrected chi connectivity index (χ4v) is 6.00. The predicted molar refractivity (Wildman–Crippen MR) is 145 cm³/mol. The smallest absolute Gasteiger partial charge is 0.186 e. The second-order valence-corrected chi connectivity index (χ2v) is 10.4. The van der Waals surface area contributed by atoms with E-state index in [1.165, 1.54) is 11.8 Å². The van der Waals surface area contributed by atoms with Crippen molar-refractivity contribution in [2.45, 2.75) is 10.1 Å². The highest BCUT2D eigenvalue weighted by Crippen LogP contribution is 2.42. The number of anilines is 1. The zero-order valence-electron chi connectivity index (χ0n) is 20.5. The number of aromatic nitrogens is 2. The van der Waals surface area contributed by atoms with Crippen molar-refractivity contribution >= 4 is 29.2 Å². The topological polar surface area (TPSA) is 98.3 Å². The number of fused-ring (bicyclic) bond motifs is 1. The average Bonchev–Trinajstić information content (AvgIpc) is 2.97. The summed E-state index contributed by atoms with van der Waals surface area (Å²) >= 11 is 3.09. The third-order valence-electron chi connectivity index (χ3n) is 6.33. The number of thioether (sulfide) groups is 2. The van der Waals surface area contributed by atoms with Gasteiger partial charge >= 0.3 is 0 Å². The molecule has 0 radical (unpaired) electrons. The lowest BCUT2D eigenvalue weighted by molar-refractivity contribution is 0.171. The van der Waals surface area contributed by atoms with Gasteiger partial charge in [-0.25, -0.2) is 9.97 Å². The van der Waals surface area contributed by atoms with Gasteiger partial charge in [0.1, 0.15) is 41.0 Å². The van der Waals surface area contributed by atoms with Gasteiger partial charge in [0.05, 0.1) is 11.3 Å². The third kappa shape index (κ3) is 5.47. The minimum Gasteiger partial charge on any atom is -0.485 e. The van der Waals surface area contributed by atoms with E-state index in [1.54, 1.807) is 11.8 Å². The van der Waals surface area contributed by atoms with E-state index in [0.717, 1.165) is 54.8 Å². The molecule has 1 fully saturated rings. The van der Waals surface area contributed by atoms with Gasteiger partial charge in [0.2, 0.25) is 0 Å². The van der Waals surface area contributed by atoms with Crippen molar-refractivity contribution in [3.63, 3.8) is 0 Å². The summed E-state index contributed by atoms with van der Waals surface area (Å²) in [6.45, 7) is 5.39. The maximum absolute atomic E-state index is 9.78. The first-order chi connectivity index (χ1) is 18.2. The Morgan fingerprint density at radius 3 is 2.32 bits per heavy atom. The molecule has 3 heterocycles. The lowest BCUT2D eigenvalue weighted by Crippen LogP contribution is -2.47. The number of piperazine rings is 1. The molecule has 2 aliphatic rings. The molecule has 1 aromatic heterocycles. The van der Waals surface area contributed by atoms with Gasteiger partial charge in [-0.2, -0.15) is 10.5 Å². The highest BCUT2D eigenvalue weighted by molar-refractivity contribution is 7.99. The Labute approximate surface area is 225 Å². The zero-order valence-corrected chi connectivity index (χ0v) is 22.1. The Bertz CT molecular complexity index is 1350. The zero-order chi connectivity index (χ0) is 25.6. The fourth-order valence-electron chi connectivity index (χ4n) is 4.43. The molecule has 5 rings (SSSR count). The van der Waals surface area contributed by atoms with Gasteiger partial charge < -0.3 is 14.4 Å². The molecule has 2 aromatic carbocycles. The summed E-state index contributed by atoms with van der Waals surface area (Å²) in [5, 5.41) is 20.6. The molecule has 10 heteroatoms. The van der Waals surface area contributed by atoms with Crippen LogP contribution in [0.1, 0.15) is 11.1 Å². The first-order valence-corrected chi connectivity index (χ1v) is 14.3. The predicted octanol–water partition coefficient (Wildman–Crippen LogP) is 4.29. The van der Waals surface area contributed by atoms with Gasteiger partial charge in [0.25, 0.3) is 0 Å². The van der Waals surface area contributed by atoms with E-state index in [1.807, 2.05) is 48.7 Å². The molecule has 1 saturated heterocycles. The Morgan fingerprint density at radius 1 is 0.892 bits per heavy atom. The van der Waals surface area contributed by atoms with Crippen LogP contribution in [0, 0.1) is 22.7 Å². The van der Waals surface area contributed by atoms with Crippen molar-refractivity contribution in [1.29, 1.82) is 10.5 Å². The number of hydrogen-bond donors (Lipinski definition) is 0. The Kier molecular flexibility index (Phi) is 8.00. The van der Waals surface area contributed by atoms with Crippen molar-refractivity contribution in [3.05, 3.63) is 53.6 Å². The Morgan fingerprint density at radius 2 is 1.62 bits per heavy atom. The maximum Gasteiger partial charge on any atom is 0.186 e. The van der Waals surface area contributed by atoms with E-state index in [2.05, 4.69) is 26.9 Å². The van der Waals surface area contributed by atoms with Crippen LogP contribution in [-0.4, -0.2) is 72.8 Å². The Balaban J connectivity index is 1.22. The van der Waals surface area contributed by atoms with Crippen LogP contribution in [0.4, 0.5) is 5.69 Å². The summed E-state index contributed by atoms with van der Waals surface area (Å²) < 4.78 is 11.6. The van der Waals surface area contributed by atoms with E-state index >= 15 is 0 Å². The molecule has 0 N–H and O–H groups in total. The van der Waals surface area contributed by atoms with E-state index in [0.29, 0.717) is 46.7 Å². The lowest BCUT2D eigenvalue weighted by atomic mass is 10.1. The highest BCUT2D eigenvalue weighted by Gasteiger charge is 2.26. The van der Waals surface area contributed by atoms with Crippen LogP contribution in [0.5, 0.6) is 11.5 Å². The SMILES string of the molecule is CSc1nc(-c2ccccc2)nc(SCCN2CCN(c3ccc(C#N)c4c3OCCO4)CC2)c1C#N.